The largest absolute Gasteiger partial charge is 0.464 e. The molecule has 0 aliphatic heterocycles. The molecule has 0 unspecified atom stereocenters. The minimum absolute atomic E-state index is 0.120. The SMILES string of the molecule is CCNCCNS(=O)(=O)c1scnc1C(=O)OC. The number of sulfonamides is 1. The van der Waals surface area contributed by atoms with Gasteiger partial charge in [0.2, 0.25) is 0 Å². The highest BCUT2D eigenvalue weighted by atomic mass is 32.2. The van der Waals surface area contributed by atoms with E-state index in [4.69, 9.17) is 0 Å². The molecule has 0 radical (unpaired) electrons. The molecule has 1 aromatic heterocycles. The van der Waals surface area contributed by atoms with E-state index < -0.39 is 16.0 Å². The van der Waals surface area contributed by atoms with Crippen LogP contribution in [0.3, 0.4) is 0 Å². The van der Waals surface area contributed by atoms with Gasteiger partial charge in [0, 0.05) is 13.1 Å². The maximum absolute atomic E-state index is 11.9. The zero-order valence-electron chi connectivity index (χ0n) is 10.1. The number of nitrogens with zero attached hydrogens (tertiary/aromatic N) is 1. The Hall–Kier alpha value is -1.03. The molecule has 0 fully saturated rings. The highest BCUT2D eigenvalue weighted by molar-refractivity contribution is 7.91. The van der Waals surface area contributed by atoms with E-state index in [0.29, 0.717) is 6.54 Å². The molecule has 1 aromatic rings. The van der Waals surface area contributed by atoms with Crippen LogP contribution in [0.4, 0.5) is 0 Å². The molecule has 0 aromatic carbocycles. The normalized spacial score (nSPS) is 11.4. The first-order valence-electron chi connectivity index (χ1n) is 5.25. The number of carbonyl (C=O) groups excluding carboxylic acids is 1. The molecule has 0 saturated carbocycles. The van der Waals surface area contributed by atoms with Gasteiger partial charge in [0.1, 0.15) is 0 Å². The molecule has 7 nitrogen and oxygen atoms in total. The minimum atomic E-state index is -3.72. The van der Waals surface area contributed by atoms with Crippen molar-refractivity contribution >= 4 is 27.3 Å². The van der Waals surface area contributed by atoms with Crippen LogP contribution in [0, 0.1) is 0 Å². The van der Waals surface area contributed by atoms with Crippen LogP contribution in [0.25, 0.3) is 0 Å². The van der Waals surface area contributed by atoms with Gasteiger partial charge in [-0.2, -0.15) is 0 Å². The number of carbonyl (C=O) groups is 1. The van der Waals surface area contributed by atoms with Gasteiger partial charge < -0.3 is 10.1 Å². The molecule has 18 heavy (non-hydrogen) atoms. The fourth-order valence-corrected chi connectivity index (χ4v) is 3.38. The number of rotatable bonds is 7. The fourth-order valence-electron chi connectivity index (χ4n) is 1.17. The van der Waals surface area contributed by atoms with E-state index in [1.54, 1.807) is 0 Å². The third-order valence-corrected chi connectivity index (χ3v) is 4.83. The Kier molecular flexibility index (Phi) is 5.66. The molecular formula is C9H15N3O4S2. The van der Waals surface area contributed by atoms with Crippen LogP contribution in [0.2, 0.25) is 0 Å². The zero-order chi connectivity index (χ0) is 13.6. The predicted octanol–water partition coefficient (Wildman–Crippen LogP) is -0.183. The fraction of sp³-hybridized carbons (Fsp3) is 0.556. The Morgan fingerprint density at radius 2 is 2.22 bits per heavy atom. The lowest BCUT2D eigenvalue weighted by molar-refractivity contribution is 0.0590. The van der Waals surface area contributed by atoms with E-state index in [9.17, 15) is 13.2 Å². The molecule has 0 amide bonds. The van der Waals surface area contributed by atoms with Crippen molar-refractivity contribution in [2.75, 3.05) is 26.7 Å². The van der Waals surface area contributed by atoms with Crippen LogP contribution >= 0.6 is 11.3 Å². The van der Waals surface area contributed by atoms with Crippen molar-refractivity contribution in [3.05, 3.63) is 11.2 Å². The van der Waals surface area contributed by atoms with Crippen LogP contribution in [0.1, 0.15) is 17.4 Å². The smallest absolute Gasteiger partial charge is 0.358 e. The Labute approximate surface area is 110 Å². The highest BCUT2D eigenvalue weighted by Crippen LogP contribution is 2.20. The predicted molar refractivity (Wildman–Crippen MR) is 67.2 cm³/mol. The summed E-state index contributed by atoms with van der Waals surface area (Å²) >= 11 is 0.881. The molecular weight excluding hydrogens is 278 g/mol. The van der Waals surface area contributed by atoms with Crippen molar-refractivity contribution in [3.63, 3.8) is 0 Å². The van der Waals surface area contributed by atoms with Gasteiger partial charge in [0.05, 0.1) is 12.6 Å². The molecule has 1 heterocycles. The monoisotopic (exact) mass is 293 g/mol. The molecule has 2 N–H and O–H groups in total. The third kappa shape index (κ3) is 3.73. The van der Waals surface area contributed by atoms with Gasteiger partial charge in [-0.25, -0.2) is 22.9 Å². The van der Waals surface area contributed by atoms with Crippen molar-refractivity contribution in [2.45, 2.75) is 11.1 Å². The molecule has 0 aliphatic carbocycles. The second kappa shape index (κ2) is 6.78. The van der Waals surface area contributed by atoms with Crippen molar-refractivity contribution in [1.29, 1.82) is 0 Å². The lowest BCUT2D eigenvalue weighted by Crippen LogP contribution is -2.32. The molecule has 9 heteroatoms. The highest BCUT2D eigenvalue weighted by Gasteiger charge is 2.25. The summed E-state index contributed by atoms with van der Waals surface area (Å²) in [6.45, 7) is 3.44. The summed E-state index contributed by atoms with van der Waals surface area (Å²) < 4.78 is 30.6. The molecule has 0 saturated heterocycles. The van der Waals surface area contributed by atoms with Gasteiger partial charge in [0.25, 0.3) is 10.0 Å². The molecule has 102 valence electrons. The number of likely N-dealkylation sites (N-methyl/N-ethyl adjacent to an activating group) is 1. The number of hydrogen-bond donors (Lipinski definition) is 2. The van der Waals surface area contributed by atoms with Gasteiger partial charge in [-0.1, -0.05) is 6.92 Å². The quantitative estimate of drug-likeness (QED) is 0.534. The average Bonchev–Trinajstić information content (AvgIpc) is 2.83. The Balaban J connectivity index is 2.79. The lowest BCUT2D eigenvalue weighted by Gasteiger charge is -2.06. The first kappa shape index (κ1) is 15.0. The van der Waals surface area contributed by atoms with Gasteiger partial charge in [-0.15, -0.1) is 11.3 Å². The summed E-state index contributed by atoms with van der Waals surface area (Å²) in [5, 5.41) is 2.98. The minimum Gasteiger partial charge on any atom is -0.464 e. The third-order valence-electron chi connectivity index (χ3n) is 2.00. The molecule has 0 atom stereocenters. The maximum atomic E-state index is 11.9. The number of methoxy groups -OCH3 is 1. The number of hydrogen-bond acceptors (Lipinski definition) is 7. The van der Waals surface area contributed by atoms with Gasteiger partial charge in [0.15, 0.2) is 9.90 Å². The van der Waals surface area contributed by atoms with E-state index in [-0.39, 0.29) is 16.4 Å². The maximum Gasteiger partial charge on any atom is 0.358 e. The topological polar surface area (TPSA) is 97.4 Å². The number of nitrogens with one attached hydrogen (secondary N) is 2. The Morgan fingerprint density at radius 3 is 2.83 bits per heavy atom. The van der Waals surface area contributed by atoms with Crippen molar-refractivity contribution in [2.24, 2.45) is 0 Å². The van der Waals surface area contributed by atoms with E-state index in [1.807, 2.05) is 6.92 Å². The number of esters is 1. The summed E-state index contributed by atoms with van der Waals surface area (Å²) in [7, 11) is -2.54. The second-order valence-corrected chi connectivity index (χ2v) is 6.05. The summed E-state index contributed by atoms with van der Waals surface area (Å²) in [6.07, 6.45) is 0. The van der Waals surface area contributed by atoms with Crippen LogP contribution in [0.15, 0.2) is 9.72 Å². The molecule has 0 bridgehead atoms. The van der Waals surface area contributed by atoms with E-state index in [1.165, 1.54) is 12.6 Å². The Bertz CT molecular complexity index is 498. The van der Waals surface area contributed by atoms with Crippen LogP contribution in [-0.4, -0.2) is 46.1 Å². The van der Waals surface area contributed by atoms with Crippen LogP contribution in [0.5, 0.6) is 0 Å². The van der Waals surface area contributed by atoms with E-state index in [2.05, 4.69) is 19.8 Å². The van der Waals surface area contributed by atoms with Crippen molar-refractivity contribution in [1.82, 2.24) is 15.0 Å². The lowest BCUT2D eigenvalue weighted by atomic mass is 10.5. The summed E-state index contributed by atoms with van der Waals surface area (Å²) in [5.74, 6) is -0.761. The van der Waals surface area contributed by atoms with E-state index >= 15 is 0 Å². The molecule has 1 rings (SSSR count). The second-order valence-electron chi connectivity index (χ2n) is 3.23. The van der Waals surface area contributed by atoms with Crippen molar-refractivity contribution < 1.29 is 17.9 Å². The first-order valence-corrected chi connectivity index (χ1v) is 7.61. The van der Waals surface area contributed by atoms with Gasteiger partial charge in [-0.3, -0.25) is 0 Å². The first-order chi connectivity index (χ1) is 8.53. The van der Waals surface area contributed by atoms with Gasteiger partial charge >= 0.3 is 5.97 Å². The van der Waals surface area contributed by atoms with E-state index in [0.717, 1.165) is 17.9 Å². The van der Waals surface area contributed by atoms with Gasteiger partial charge in [-0.05, 0) is 6.54 Å². The van der Waals surface area contributed by atoms with Crippen molar-refractivity contribution in [3.8, 4) is 0 Å². The van der Waals surface area contributed by atoms with Crippen LogP contribution in [-0.2, 0) is 14.8 Å². The molecule has 0 spiro atoms. The number of aromatic nitrogens is 1. The standard InChI is InChI=1S/C9H15N3O4S2/c1-3-10-4-5-12-18(14,15)9-7(8(13)16-2)11-6-17-9/h6,10,12H,3-5H2,1-2H3. The summed E-state index contributed by atoms with van der Waals surface area (Å²) in [6, 6.07) is 0. The average molecular weight is 293 g/mol. The summed E-state index contributed by atoms with van der Waals surface area (Å²) in [5.41, 5.74) is 1.11. The van der Waals surface area contributed by atoms with Crippen LogP contribution < -0.4 is 10.0 Å². The number of thiazole rings is 1. The molecule has 0 aliphatic rings. The number of ether oxygens (including phenoxy) is 1. The summed E-state index contributed by atoms with van der Waals surface area (Å²) in [4.78, 5) is 15.0. The Morgan fingerprint density at radius 1 is 1.50 bits per heavy atom. The zero-order valence-corrected chi connectivity index (χ0v) is 11.7.